The number of aromatic nitrogens is 3. The van der Waals surface area contributed by atoms with Crippen molar-refractivity contribution in [1.29, 1.82) is 0 Å². The average molecular weight is 336 g/mol. The molecule has 0 aliphatic heterocycles. The zero-order valence-corrected chi connectivity index (χ0v) is 14.3. The summed E-state index contributed by atoms with van der Waals surface area (Å²) in [5.41, 5.74) is 3.76. The van der Waals surface area contributed by atoms with Gasteiger partial charge in [-0.05, 0) is 35.7 Å². The van der Waals surface area contributed by atoms with Crippen molar-refractivity contribution in [2.75, 3.05) is 7.11 Å². The van der Waals surface area contributed by atoms with Gasteiger partial charge in [-0.25, -0.2) is 9.67 Å². The summed E-state index contributed by atoms with van der Waals surface area (Å²) in [5, 5.41) is 7.01. The number of nitrogens with zero attached hydrogens (tertiary/aromatic N) is 3. The summed E-state index contributed by atoms with van der Waals surface area (Å²) in [6.45, 7) is 3.09. The van der Waals surface area contributed by atoms with Gasteiger partial charge in [-0.15, -0.1) is 0 Å². The number of nitrogens with one attached hydrogen (secondary N) is 1. The minimum atomic E-state index is -0.120. The fourth-order valence-electron chi connectivity index (χ4n) is 2.51. The lowest BCUT2D eigenvalue weighted by atomic mass is 10.1. The summed E-state index contributed by atoms with van der Waals surface area (Å²) in [6.07, 6.45) is 3.20. The third-order valence-electron chi connectivity index (χ3n) is 3.96. The van der Waals surface area contributed by atoms with Crippen molar-refractivity contribution >= 4 is 5.91 Å². The van der Waals surface area contributed by atoms with Gasteiger partial charge in [-0.1, -0.05) is 30.3 Å². The van der Waals surface area contributed by atoms with E-state index in [1.165, 1.54) is 6.33 Å². The van der Waals surface area contributed by atoms with Gasteiger partial charge in [0.1, 0.15) is 18.4 Å². The van der Waals surface area contributed by atoms with Crippen LogP contribution in [0, 0.1) is 6.92 Å². The second kappa shape index (κ2) is 7.61. The van der Waals surface area contributed by atoms with E-state index >= 15 is 0 Å². The number of hydrogen-bond donors (Lipinski definition) is 1. The fourth-order valence-corrected chi connectivity index (χ4v) is 2.51. The first kappa shape index (κ1) is 16.7. The van der Waals surface area contributed by atoms with Gasteiger partial charge in [0.05, 0.1) is 13.7 Å². The highest BCUT2D eigenvalue weighted by Crippen LogP contribution is 2.19. The van der Waals surface area contributed by atoms with Crippen LogP contribution in [-0.4, -0.2) is 27.8 Å². The Morgan fingerprint density at radius 1 is 1.16 bits per heavy atom. The molecule has 0 spiro atoms. The lowest BCUT2D eigenvalue weighted by molar-refractivity contribution is 0.0950. The van der Waals surface area contributed by atoms with E-state index in [0.717, 1.165) is 16.7 Å². The normalized spacial score (nSPS) is 10.5. The predicted octanol–water partition coefficient (Wildman–Crippen LogP) is 2.57. The zero-order valence-electron chi connectivity index (χ0n) is 14.3. The molecule has 6 nitrogen and oxygen atoms in total. The molecular formula is C19H20N4O2. The van der Waals surface area contributed by atoms with Gasteiger partial charge in [0.2, 0.25) is 0 Å². The van der Waals surface area contributed by atoms with Crippen LogP contribution in [0.2, 0.25) is 0 Å². The first-order valence-corrected chi connectivity index (χ1v) is 7.99. The fraction of sp³-hybridized carbons (Fsp3) is 0.211. The van der Waals surface area contributed by atoms with Crippen LogP contribution in [0.25, 0.3) is 0 Å². The second-order valence-electron chi connectivity index (χ2n) is 5.78. The number of rotatable bonds is 6. The molecule has 0 aliphatic carbocycles. The minimum absolute atomic E-state index is 0.120. The third-order valence-corrected chi connectivity index (χ3v) is 3.96. The highest BCUT2D eigenvalue weighted by Gasteiger charge is 2.08. The van der Waals surface area contributed by atoms with E-state index < -0.39 is 0 Å². The molecule has 0 radical (unpaired) electrons. The van der Waals surface area contributed by atoms with E-state index in [9.17, 15) is 4.79 Å². The Kier molecular flexibility index (Phi) is 5.09. The maximum Gasteiger partial charge on any atom is 0.251 e. The quantitative estimate of drug-likeness (QED) is 0.751. The number of carbonyl (C=O) groups is 1. The molecule has 0 atom stereocenters. The lowest BCUT2D eigenvalue weighted by Gasteiger charge is -2.09. The van der Waals surface area contributed by atoms with Crippen LogP contribution in [0.15, 0.2) is 55.1 Å². The molecule has 0 saturated heterocycles. The number of hydrogen-bond acceptors (Lipinski definition) is 4. The largest absolute Gasteiger partial charge is 0.496 e. The van der Waals surface area contributed by atoms with E-state index in [4.69, 9.17) is 4.74 Å². The summed E-state index contributed by atoms with van der Waals surface area (Å²) in [6, 6.07) is 13.5. The van der Waals surface area contributed by atoms with Crippen LogP contribution in [-0.2, 0) is 13.1 Å². The van der Waals surface area contributed by atoms with E-state index in [1.807, 2.05) is 37.3 Å². The molecule has 3 rings (SSSR count). The molecule has 25 heavy (non-hydrogen) atoms. The van der Waals surface area contributed by atoms with Crippen molar-refractivity contribution in [3.8, 4) is 5.75 Å². The van der Waals surface area contributed by atoms with Crippen LogP contribution >= 0.6 is 0 Å². The van der Waals surface area contributed by atoms with Gasteiger partial charge in [-0.2, -0.15) is 5.10 Å². The third kappa shape index (κ3) is 4.23. The van der Waals surface area contributed by atoms with E-state index in [0.29, 0.717) is 24.4 Å². The molecule has 1 amide bonds. The molecule has 6 heteroatoms. The number of ether oxygens (including phenoxy) is 1. The van der Waals surface area contributed by atoms with Crippen molar-refractivity contribution in [3.63, 3.8) is 0 Å². The molecular weight excluding hydrogens is 316 g/mol. The standard InChI is InChI=1S/C19H20N4O2/c1-14-3-8-17(9-18(14)25-2)19(24)21-10-15-4-6-16(7-5-15)11-23-13-20-12-22-23/h3-9,12-13H,10-11H2,1-2H3,(H,21,24). The maximum absolute atomic E-state index is 12.3. The van der Waals surface area contributed by atoms with Crippen molar-refractivity contribution in [2.45, 2.75) is 20.0 Å². The van der Waals surface area contributed by atoms with Gasteiger partial charge in [-0.3, -0.25) is 4.79 Å². The van der Waals surface area contributed by atoms with Gasteiger partial charge < -0.3 is 10.1 Å². The molecule has 128 valence electrons. The summed E-state index contributed by atoms with van der Waals surface area (Å²) < 4.78 is 7.03. The first-order chi connectivity index (χ1) is 12.2. The number of carbonyl (C=O) groups excluding carboxylic acids is 1. The van der Waals surface area contributed by atoms with Crippen LogP contribution in [0.4, 0.5) is 0 Å². The van der Waals surface area contributed by atoms with Crippen molar-refractivity contribution in [2.24, 2.45) is 0 Å². The van der Waals surface area contributed by atoms with E-state index in [1.54, 1.807) is 30.3 Å². The van der Waals surface area contributed by atoms with Gasteiger partial charge in [0.15, 0.2) is 0 Å². The number of benzene rings is 2. The SMILES string of the molecule is COc1cc(C(=O)NCc2ccc(Cn3cncn3)cc2)ccc1C. The molecule has 1 N–H and O–H groups in total. The van der Waals surface area contributed by atoms with Crippen molar-refractivity contribution < 1.29 is 9.53 Å². The van der Waals surface area contributed by atoms with Crippen LogP contribution in [0.3, 0.4) is 0 Å². The topological polar surface area (TPSA) is 69.0 Å². The minimum Gasteiger partial charge on any atom is -0.496 e. The summed E-state index contributed by atoms with van der Waals surface area (Å²) >= 11 is 0. The van der Waals surface area contributed by atoms with Gasteiger partial charge in [0.25, 0.3) is 5.91 Å². The highest BCUT2D eigenvalue weighted by atomic mass is 16.5. The molecule has 0 fully saturated rings. The Morgan fingerprint density at radius 2 is 1.92 bits per heavy atom. The lowest BCUT2D eigenvalue weighted by Crippen LogP contribution is -2.22. The average Bonchev–Trinajstić information content (AvgIpc) is 3.14. The Hall–Kier alpha value is -3.15. The smallest absolute Gasteiger partial charge is 0.251 e. The van der Waals surface area contributed by atoms with Gasteiger partial charge in [0, 0.05) is 12.1 Å². The number of methoxy groups -OCH3 is 1. The van der Waals surface area contributed by atoms with E-state index in [2.05, 4.69) is 15.4 Å². The monoisotopic (exact) mass is 336 g/mol. The van der Waals surface area contributed by atoms with Gasteiger partial charge >= 0.3 is 0 Å². The first-order valence-electron chi connectivity index (χ1n) is 7.99. The Labute approximate surface area is 146 Å². The van der Waals surface area contributed by atoms with Crippen molar-refractivity contribution in [1.82, 2.24) is 20.1 Å². The van der Waals surface area contributed by atoms with Crippen LogP contribution < -0.4 is 10.1 Å². The Bertz CT molecular complexity index is 842. The zero-order chi connectivity index (χ0) is 17.6. The predicted molar refractivity (Wildman–Crippen MR) is 94.5 cm³/mol. The molecule has 0 saturated carbocycles. The number of amides is 1. The van der Waals surface area contributed by atoms with Crippen molar-refractivity contribution in [3.05, 3.63) is 77.4 Å². The molecule has 1 heterocycles. The summed E-state index contributed by atoms with van der Waals surface area (Å²) in [7, 11) is 1.60. The summed E-state index contributed by atoms with van der Waals surface area (Å²) in [5.74, 6) is 0.593. The van der Waals surface area contributed by atoms with Crippen LogP contribution in [0.5, 0.6) is 5.75 Å². The molecule has 3 aromatic rings. The Morgan fingerprint density at radius 3 is 2.60 bits per heavy atom. The molecule has 1 aromatic heterocycles. The number of aryl methyl sites for hydroxylation is 1. The second-order valence-corrected chi connectivity index (χ2v) is 5.78. The Balaban J connectivity index is 1.58. The molecule has 2 aromatic carbocycles. The van der Waals surface area contributed by atoms with Crippen LogP contribution in [0.1, 0.15) is 27.0 Å². The summed E-state index contributed by atoms with van der Waals surface area (Å²) in [4.78, 5) is 16.2. The molecule has 0 unspecified atom stereocenters. The molecule has 0 bridgehead atoms. The molecule has 0 aliphatic rings. The maximum atomic E-state index is 12.3. The van der Waals surface area contributed by atoms with E-state index in [-0.39, 0.29) is 5.91 Å². The highest BCUT2D eigenvalue weighted by molar-refractivity contribution is 5.94.